The van der Waals surface area contributed by atoms with E-state index in [0.29, 0.717) is 21.5 Å². The van der Waals surface area contributed by atoms with Gasteiger partial charge >= 0.3 is 5.97 Å². The van der Waals surface area contributed by atoms with Gasteiger partial charge in [0.2, 0.25) is 0 Å². The highest BCUT2D eigenvalue weighted by molar-refractivity contribution is 7.17. The summed E-state index contributed by atoms with van der Waals surface area (Å²) in [5, 5.41) is 2.53. The Labute approximate surface area is 165 Å². The SMILES string of the molecule is COC(=O)c1ccoc1Cn1cnc2scc(-c3ccc(C)c(C)c3)c2c1=O. The highest BCUT2D eigenvalue weighted by atomic mass is 32.1. The van der Waals surface area contributed by atoms with E-state index in [0.717, 1.165) is 11.1 Å². The minimum Gasteiger partial charge on any atom is -0.467 e. The quantitative estimate of drug-likeness (QED) is 0.486. The molecule has 0 atom stereocenters. The van der Waals surface area contributed by atoms with Crippen LogP contribution in [0.1, 0.15) is 27.2 Å². The van der Waals surface area contributed by atoms with Crippen LogP contribution in [0.2, 0.25) is 0 Å². The number of thiophene rings is 1. The van der Waals surface area contributed by atoms with Crippen molar-refractivity contribution in [1.82, 2.24) is 9.55 Å². The molecule has 0 aliphatic heterocycles. The molecule has 7 heteroatoms. The van der Waals surface area contributed by atoms with Crippen LogP contribution in [-0.2, 0) is 11.3 Å². The molecule has 0 bridgehead atoms. The number of nitrogens with zero attached hydrogens (tertiary/aromatic N) is 2. The van der Waals surface area contributed by atoms with Gasteiger partial charge in [0.1, 0.15) is 16.2 Å². The first-order valence-corrected chi connectivity index (χ1v) is 9.56. The molecular weight excluding hydrogens is 376 g/mol. The fourth-order valence-electron chi connectivity index (χ4n) is 3.11. The van der Waals surface area contributed by atoms with Crippen LogP contribution < -0.4 is 5.56 Å². The summed E-state index contributed by atoms with van der Waals surface area (Å²) < 4.78 is 11.6. The van der Waals surface area contributed by atoms with E-state index in [9.17, 15) is 9.59 Å². The maximum atomic E-state index is 13.2. The number of hydrogen-bond acceptors (Lipinski definition) is 6. The highest BCUT2D eigenvalue weighted by Gasteiger charge is 2.18. The second-order valence-electron chi connectivity index (χ2n) is 6.56. The predicted molar refractivity (Wildman–Crippen MR) is 108 cm³/mol. The molecule has 4 rings (SSSR count). The average molecular weight is 394 g/mol. The number of carbonyl (C=O) groups is 1. The summed E-state index contributed by atoms with van der Waals surface area (Å²) in [6.07, 6.45) is 2.89. The van der Waals surface area contributed by atoms with Crippen LogP contribution in [0.25, 0.3) is 21.3 Å². The smallest absolute Gasteiger partial charge is 0.341 e. The molecule has 3 heterocycles. The summed E-state index contributed by atoms with van der Waals surface area (Å²) in [7, 11) is 1.31. The van der Waals surface area contributed by atoms with Crippen LogP contribution in [0.5, 0.6) is 0 Å². The third-order valence-electron chi connectivity index (χ3n) is 4.84. The standard InChI is InChI=1S/C21H18N2O4S/c1-12-4-5-14(8-13(12)2)16-10-28-19-18(16)20(24)23(11-22-19)9-17-15(6-7-27-17)21(25)26-3/h4-8,10-11H,9H2,1-3H3. The van der Waals surface area contributed by atoms with Crippen LogP contribution >= 0.6 is 11.3 Å². The Bertz CT molecular complexity index is 1250. The number of furan rings is 1. The molecule has 0 saturated heterocycles. The van der Waals surface area contributed by atoms with Crippen LogP contribution in [0.4, 0.5) is 0 Å². The number of ether oxygens (including phenoxy) is 1. The number of benzene rings is 1. The number of carbonyl (C=O) groups excluding carboxylic acids is 1. The molecule has 0 unspecified atom stereocenters. The molecule has 0 amide bonds. The predicted octanol–water partition coefficient (Wildman–Crippen LogP) is 4.17. The summed E-state index contributed by atoms with van der Waals surface area (Å²) in [5.74, 6) is -0.143. The number of methoxy groups -OCH3 is 1. The van der Waals surface area contributed by atoms with Crippen molar-refractivity contribution in [2.24, 2.45) is 0 Å². The minimum absolute atomic E-state index is 0.0986. The first kappa shape index (κ1) is 18.2. The van der Waals surface area contributed by atoms with Crippen molar-refractivity contribution in [3.8, 4) is 11.1 Å². The lowest BCUT2D eigenvalue weighted by atomic mass is 10.0. The Morgan fingerprint density at radius 1 is 1.25 bits per heavy atom. The van der Waals surface area contributed by atoms with Crippen LogP contribution in [0.15, 0.2) is 51.4 Å². The molecule has 142 valence electrons. The number of aryl methyl sites for hydroxylation is 2. The monoisotopic (exact) mass is 394 g/mol. The third kappa shape index (κ3) is 3.03. The van der Waals surface area contributed by atoms with E-state index in [1.165, 1.54) is 52.8 Å². The second-order valence-corrected chi connectivity index (χ2v) is 7.41. The lowest BCUT2D eigenvalue weighted by molar-refractivity contribution is 0.0598. The van der Waals surface area contributed by atoms with Crippen molar-refractivity contribution in [2.75, 3.05) is 7.11 Å². The van der Waals surface area contributed by atoms with Crippen LogP contribution in [0.3, 0.4) is 0 Å². The molecule has 0 N–H and O–H groups in total. The molecule has 3 aromatic heterocycles. The third-order valence-corrected chi connectivity index (χ3v) is 5.73. The fraction of sp³-hybridized carbons (Fsp3) is 0.190. The molecule has 0 aliphatic carbocycles. The molecule has 0 radical (unpaired) electrons. The summed E-state index contributed by atoms with van der Waals surface area (Å²) >= 11 is 1.44. The zero-order valence-corrected chi connectivity index (χ0v) is 16.5. The number of fused-ring (bicyclic) bond motifs is 1. The fourth-order valence-corrected chi connectivity index (χ4v) is 4.02. The largest absolute Gasteiger partial charge is 0.467 e. The van der Waals surface area contributed by atoms with Gasteiger partial charge in [-0.3, -0.25) is 9.36 Å². The van der Waals surface area contributed by atoms with E-state index in [2.05, 4.69) is 31.0 Å². The Balaban J connectivity index is 1.81. The maximum Gasteiger partial charge on any atom is 0.341 e. The molecule has 0 spiro atoms. The van der Waals surface area contributed by atoms with E-state index in [1.54, 1.807) is 0 Å². The highest BCUT2D eigenvalue weighted by Crippen LogP contribution is 2.31. The van der Waals surface area contributed by atoms with E-state index in [4.69, 9.17) is 9.15 Å². The Morgan fingerprint density at radius 3 is 2.82 bits per heavy atom. The van der Waals surface area contributed by atoms with E-state index in [-0.39, 0.29) is 12.1 Å². The Morgan fingerprint density at radius 2 is 2.07 bits per heavy atom. The Hall–Kier alpha value is -3.19. The lowest BCUT2D eigenvalue weighted by Crippen LogP contribution is -2.21. The first-order valence-electron chi connectivity index (χ1n) is 8.68. The van der Waals surface area contributed by atoms with Crippen molar-refractivity contribution in [3.05, 3.63) is 75.0 Å². The topological polar surface area (TPSA) is 74.3 Å². The van der Waals surface area contributed by atoms with Gasteiger partial charge in [-0.15, -0.1) is 11.3 Å². The number of rotatable bonds is 4. The normalized spacial score (nSPS) is 11.1. The van der Waals surface area contributed by atoms with Crippen molar-refractivity contribution in [2.45, 2.75) is 20.4 Å². The van der Waals surface area contributed by atoms with Crippen molar-refractivity contribution in [3.63, 3.8) is 0 Å². The summed E-state index contributed by atoms with van der Waals surface area (Å²) in [6.45, 7) is 4.21. The lowest BCUT2D eigenvalue weighted by Gasteiger charge is -2.07. The van der Waals surface area contributed by atoms with Gasteiger partial charge in [-0.1, -0.05) is 18.2 Å². The second kappa shape index (κ2) is 7.09. The zero-order chi connectivity index (χ0) is 19.8. The minimum atomic E-state index is -0.503. The molecule has 28 heavy (non-hydrogen) atoms. The van der Waals surface area contributed by atoms with Gasteiger partial charge in [0.05, 0.1) is 31.6 Å². The van der Waals surface area contributed by atoms with Crippen molar-refractivity contribution >= 4 is 27.5 Å². The molecule has 6 nitrogen and oxygen atoms in total. The summed E-state index contributed by atoms with van der Waals surface area (Å²) in [5.41, 5.74) is 4.34. The first-order chi connectivity index (χ1) is 13.5. The number of hydrogen-bond donors (Lipinski definition) is 0. The average Bonchev–Trinajstić information content (AvgIpc) is 3.33. The van der Waals surface area contributed by atoms with E-state index < -0.39 is 5.97 Å². The van der Waals surface area contributed by atoms with Gasteiger partial charge in [-0.05, 0) is 36.6 Å². The molecule has 1 aromatic carbocycles. The summed E-state index contributed by atoms with van der Waals surface area (Å²) in [4.78, 5) is 30.2. The van der Waals surface area contributed by atoms with Crippen molar-refractivity contribution < 1.29 is 13.9 Å². The van der Waals surface area contributed by atoms with E-state index >= 15 is 0 Å². The van der Waals surface area contributed by atoms with Crippen LogP contribution in [-0.4, -0.2) is 22.6 Å². The van der Waals surface area contributed by atoms with E-state index in [1.807, 2.05) is 11.4 Å². The van der Waals surface area contributed by atoms with Gasteiger partial charge in [0, 0.05) is 10.9 Å². The van der Waals surface area contributed by atoms with Crippen molar-refractivity contribution in [1.29, 1.82) is 0 Å². The zero-order valence-electron chi connectivity index (χ0n) is 15.7. The molecule has 4 aromatic rings. The maximum absolute atomic E-state index is 13.2. The molecular formula is C21H18N2O4S. The van der Waals surface area contributed by atoms with Gasteiger partial charge < -0.3 is 9.15 Å². The van der Waals surface area contributed by atoms with Gasteiger partial charge in [-0.2, -0.15) is 0 Å². The van der Waals surface area contributed by atoms with Crippen LogP contribution in [0, 0.1) is 13.8 Å². The van der Waals surface area contributed by atoms with Gasteiger partial charge in [0.15, 0.2) is 0 Å². The number of esters is 1. The molecule has 0 aliphatic rings. The van der Waals surface area contributed by atoms with Gasteiger partial charge in [0.25, 0.3) is 5.56 Å². The molecule has 0 saturated carbocycles. The summed E-state index contributed by atoms with van der Waals surface area (Å²) in [6, 6.07) is 7.68. The van der Waals surface area contributed by atoms with Gasteiger partial charge in [-0.25, -0.2) is 9.78 Å². The molecule has 0 fully saturated rings. The number of aromatic nitrogens is 2. The Kier molecular flexibility index (Phi) is 4.60.